The summed E-state index contributed by atoms with van der Waals surface area (Å²) in [4.78, 5) is 34.4. The number of amides is 2. The number of carbonyl (C=O) groups is 2. The Morgan fingerprint density at radius 1 is 1.13 bits per heavy atom. The highest BCUT2D eigenvalue weighted by molar-refractivity contribution is 5.96. The van der Waals surface area contributed by atoms with Crippen molar-refractivity contribution < 1.29 is 23.1 Å². The van der Waals surface area contributed by atoms with Gasteiger partial charge in [-0.1, -0.05) is 6.92 Å². The summed E-state index contributed by atoms with van der Waals surface area (Å²) in [6, 6.07) is 7.35. The van der Waals surface area contributed by atoms with E-state index in [1.807, 2.05) is 13.0 Å². The number of rotatable bonds is 13. The molecule has 5 rings (SSSR count). The molecule has 2 heterocycles. The lowest BCUT2D eigenvalue weighted by Crippen LogP contribution is -2.56. The fraction of sp³-hybridized carbons (Fsp3) is 0.344. The average molecular weight is 649 g/mol. The maximum Gasteiger partial charge on any atom is 0.251 e. The van der Waals surface area contributed by atoms with Crippen LogP contribution in [0.1, 0.15) is 48.5 Å². The molecule has 2 aromatic heterocycles. The quantitative estimate of drug-likeness (QED) is 0.0647. The number of nitrogens with one attached hydrogen (secondary N) is 5. The van der Waals surface area contributed by atoms with Crippen molar-refractivity contribution in [3.05, 3.63) is 71.7 Å². The third kappa shape index (κ3) is 7.41. The van der Waals surface area contributed by atoms with Gasteiger partial charge in [-0.2, -0.15) is 4.39 Å². The van der Waals surface area contributed by atoms with Gasteiger partial charge in [0.05, 0.1) is 25.0 Å². The Kier molecular flexibility index (Phi) is 10.1. The van der Waals surface area contributed by atoms with Crippen LogP contribution >= 0.6 is 0 Å². The molecule has 9 N–H and O–H groups in total. The predicted octanol–water partition coefficient (Wildman–Crippen LogP) is 2.96. The van der Waals surface area contributed by atoms with E-state index in [1.165, 1.54) is 31.6 Å². The van der Waals surface area contributed by atoms with Crippen molar-refractivity contribution in [2.24, 2.45) is 11.5 Å². The van der Waals surface area contributed by atoms with Gasteiger partial charge in [-0.3, -0.25) is 19.4 Å². The van der Waals surface area contributed by atoms with Crippen LogP contribution in [0.25, 0.3) is 16.9 Å². The van der Waals surface area contributed by atoms with E-state index in [9.17, 15) is 18.4 Å². The van der Waals surface area contributed by atoms with Gasteiger partial charge in [0.2, 0.25) is 11.7 Å². The molecule has 0 radical (unpaired) electrons. The van der Waals surface area contributed by atoms with Crippen molar-refractivity contribution >= 4 is 34.9 Å². The number of benzene rings is 2. The number of carbonyl (C=O) groups excluding carboxylic acids is 2. The van der Waals surface area contributed by atoms with Gasteiger partial charge < -0.3 is 37.5 Å². The highest BCUT2D eigenvalue weighted by atomic mass is 19.2. The molecule has 1 aliphatic rings. The molecule has 0 bridgehead atoms. The molecule has 47 heavy (non-hydrogen) atoms. The van der Waals surface area contributed by atoms with Crippen molar-refractivity contribution in [3.8, 4) is 17.0 Å². The Morgan fingerprint density at radius 3 is 2.62 bits per heavy atom. The topological polar surface area (TPSA) is 198 Å². The van der Waals surface area contributed by atoms with Crippen LogP contribution in [0.5, 0.6) is 5.75 Å². The van der Waals surface area contributed by atoms with E-state index < -0.39 is 17.7 Å². The van der Waals surface area contributed by atoms with Crippen molar-refractivity contribution in [3.63, 3.8) is 0 Å². The lowest BCUT2D eigenvalue weighted by Gasteiger charge is -2.37. The molecule has 15 heteroatoms. The van der Waals surface area contributed by atoms with Crippen molar-refractivity contribution in [1.82, 2.24) is 30.3 Å². The van der Waals surface area contributed by atoms with Crippen LogP contribution in [0.15, 0.2) is 48.9 Å². The molecular weight excluding hydrogens is 610 g/mol. The summed E-state index contributed by atoms with van der Waals surface area (Å²) in [6.07, 6.45) is 7.44. The van der Waals surface area contributed by atoms with Gasteiger partial charge in [0.25, 0.3) is 5.91 Å². The summed E-state index contributed by atoms with van der Waals surface area (Å²) in [5.74, 6) is -2.49. The molecule has 4 aromatic rings. The van der Waals surface area contributed by atoms with E-state index in [0.29, 0.717) is 67.1 Å². The molecule has 1 saturated carbocycles. The summed E-state index contributed by atoms with van der Waals surface area (Å²) < 4.78 is 35.8. The lowest BCUT2D eigenvalue weighted by molar-refractivity contribution is -0.123. The second-order valence-electron chi connectivity index (χ2n) is 11.3. The van der Waals surface area contributed by atoms with Gasteiger partial charge in [-0.05, 0) is 68.0 Å². The number of halogens is 2. The maximum absolute atomic E-state index is 14.9. The monoisotopic (exact) mass is 648 g/mol. The predicted molar refractivity (Wildman–Crippen MR) is 174 cm³/mol. The number of anilines is 2. The van der Waals surface area contributed by atoms with Gasteiger partial charge >= 0.3 is 0 Å². The van der Waals surface area contributed by atoms with Gasteiger partial charge in [0.1, 0.15) is 0 Å². The van der Waals surface area contributed by atoms with Crippen LogP contribution in [0, 0.1) is 17.0 Å². The van der Waals surface area contributed by atoms with E-state index in [1.54, 1.807) is 22.7 Å². The first-order chi connectivity index (χ1) is 22.6. The molecule has 0 spiro atoms. The molecule has 1 aliphatic carbocycles. The third-order valence-corrected chi connectivity index (χ3v) is 8.13. The normalized spacial score (nSPS) is 16.2. The summed E-state index contributed by atoms with van der Waals surface area (Å²) in [5.41, 5.74) is 14.0. The summed E-state index contributed by atoms with van der Waals surface area (Å²) >= 11 is 0. The van der Waals surface area contributed by atoms with Crippen LogP contribution in [-0.4, -0.2) is 63.9 Å². The smallest absolute Gasteiger partial charge is 0.251 e. The number of hydrogen-bond acceptors (Lipinski definition) is 8. The third-order valence-electron chi connectivity index (χ3n) is 8.13. The SMILES string of the molecule is CCc1cc(Nc2nccn3c(-c4ccc(OC)c(F)c4F)cnc23)ccc1C(=O)N[C@H]1C[C@@H](NC(=O)[C@@H](N)CCCNC(=N)N)C1. The number of methoxy groups -OCH3 is 1. The molecule has 1 atom stereocenters. The number of nitrogens with zero attached hydrogens (tertiary/aromatic N) is 3. The molecule has 1 fully saturated rings. The Labute approximate surface area is 270 Å². The fourth-order valence-electron chi connectivity index (χ4n) is 5.52. The Balaban J connectivity index is 1.19. The maximum atomic E-state index is 14.9. The van der Waals surface area contributed by atoms with Crippen LogP contribution < -0.4 is 37.5 Å². The number of guanidine groups is 1. The van der Waals surface area contributed by atoms with Crippen LogP contribution in [0.4, 0.5) is 20.3 Å². The van der Waals surface area contributed by atoms with Crippen LogP contribution in [-0.2, 0) is 11.2 Å². The Morgan fingerprint density at radius 2 is 1.89 bits per heavy atom. The van der Waals surface area contributed by atoms with Crippen LogP contribution in [0.3, 0.4) is 0 Å². The first-order valence-electron chi connectivity index (χ1n) is 15.3. The number of aryl methyl sites for hydroxylation is 1. The number of fused-ring (bicyclic) bond motifs is 1. The molecule has 0 unspecified atom stereocenters. The van der Waals surface area contributed by atoms with E-state index in [2.05, 4.69) is 31.2 Å². The molecule has 0 aliphatic heterocycles. The highest BCUT2D eigenvalue weighted by Gasteiger charge is 2.33. The molecule has 2 aromatic carbocycles. The zero-order chi connectivity index (χ0) is 33.7. The fourth-order valence-corrected chi connectivity index (χ4v) is 5.52. The van der Waals surface area contributed by atoms with E-state index >= 15 is 0 Å². The Bertz CT molecular complexity index is 1790. The summed E-state index contributed by atoms with van der Waals surface area (Å²) in [6.45, 7) is 2.42. The second kappa shape index (κ2) is 14.4. The van der Waals surface area contributed by atoms with Gasteiger partial charge in [-0.25, -0.2) is 14.4 Å². The minimum atomic E-state index is -1.08. The van der Waals surface area contributed by atoms with Crippen molar-refractivity contribution in [1.29, 1.82) is 5.41 Å². The standard InChI is InChI=1S/C32H38F2N10O3/c1-3-17-13-18(41-28-29-40-16-24(44(29)12-11-38-28)22-8-9-25(47-2)27(34)26(22)33)6-7-21(17)30(45)42-19-14-20(15-19)43-31(46)23(35)5-4-10-39-32(36)37/h6-9,11-13,16,19-20,23H,3-5,10,14-15,35H2,1-2H3,(H,38,41)(H,42,45)(H,43,46)(H4,36,37,39)/t19-,20+,23-/m0/s1. The number of hydrogen-bond donors (Lipinski definition) is 7. The summed E-state index contributed by atoms with van der Waals surface area (Å²) in [5, 5.41) is 19.0. The minimum Gasteiger partial charge on any atom is -0.494 e. The van der Waals surface area contributed by atoms with Crippen molar-refractivity contribution in [2.75, 3.05) is 19.0 Å². The summed E-state index contributed by atoms with van der Waals surface area (Å²) in [7, 11) is 1.27. The average Bonchev–Trinajstić information content (AvgIpc) is 3.47. The number of imidazole rings is 1. The second-order valence-corrected chi connectivity index (χ2v) is 11.3. The first-order valence-corrected chi connectivity index (χ1v) is 15.3. The largest absolute Gasteiger partial charge is 0.494 e. The van der Waals surface area contributed by atoms with Crippen LogP contribution in [0.2, 0.25) is 0 Å². The first kappa shape index (κ1) is 33.1. The highest BCUT2D eigenvalue weighted by Crippen LogP contribution is 2.32. The zero-order valence-electron chi connectivity index (χ0n) is 26.1. The van der Waals surface area contributed by atoms with Gasteiger partial charge in [0, 0.05) is 47.8 Å². The van der Waals surface area contributed by atoms with Gasteiger partial charge in [0.15, 0.2) is 29.0 Å². The number of aromatic nitrogens is 3. The van der Waals surface area contributed by atoms with E-state index in [4.69, 9.17) is 21.6 Å². The lowest BCUT2D eigenvalue weighted by atomic mass is 9.86. The number of ether oxygens (including phenoxy) is 1. The molecule has 13 nitrogen and oxygen atoms in total. The van der Waals surface area contributed by atoms with E-state index in [-0.39, 0.29) is 41.2 Å². The van der Waals surface area contributed by atoms with E-state index in [0.717, 1.165) is 5.56 Å². The van der Waals surface area contributed by atoms with Crippen molar-refractivity contribution in [2.45, 2.75) is 57.2 Å². The number of nitrogens with two attached hydrogens (primary N) is 2. The molecular formula is C32H38F2N10O3. The molecule has 2 amide bonds. The van der Waals surface area contributed by atoms with Gasteiger partial charge in [-0.15, -0.1) is 0 Å². The molecule has 248 valence electrons. The zero-order valence-corrected chi connectivity index (χ0v) is 26.1. The molecule has 0 saturated heterocycles. The Hall–Kier alpha value is -5.31. The minimum absolute atomic E-state index is 0.0237.